The lowest BCUT2D eigenvalue weighted by Gasteiger charge is -2.31. The van der Waals surface area contributed by atoms with E-state index in [2.05, 4.69) is 5.32 Å². The second-order valence-corrected chi connectivity index (χ2v) is 6.53. The number of halogens is 1. The molecule has 1 aliphatic heterocycles. The van der Waals surface area contributed by atoms with E-state index in [0.717, 1.165) is 0 Å². The molecule has 0 saturated carbocycles. The smallest absolute Gasteiger partial charge is 0.420 e. The Morgan fingerprint density at radius 3 is 2.77 bits per heavy atom. The minimum absolute atomic E-state index is 0.0449. The largest absolute Gasteiger partial charge is 0.450 e. The van der Waals surface area contributed by atoms with Crippen LogP contribution >= 0.6 is 11.6 Å². The van der Waals surface area contributed by atoms with Crippen LogP contribution in [0.25, 0.3) is 11.1 Å². The van der Waals surface area contributed by atoms with E-state index in [4.69, 9.17) is 20.8 Å². The van der Waals surface area contributed by atoms with Crippen LogP contribution in [0.4, 0.5) is 4.79 Å². The lowest BCUT2D eigenvalue weighted by Crippen LogP contribution is -2.47. The Morgan fingerprint density at radius 1 is 1.35 bits per heavy atom. The summed E-state index contributed by atoms with van der Waals surface area (Å²) >= 11 is 5.88. The number of piperidine rings is 1. The fourth-order valence-corrected chi connectivity index (χ4v) is 3.19. The van der Waals surface area contributed by atoms with Crippen LogP contribution in [0.15, 0.2) is 27.4 Å². The van der Waals surface area contributed by atoms with E-state index in [1.807, 2.05) is 0 Å². The zero-order chi connectivity index (χ0) is 18.7. The van der Waals surface area contributed by atoms with Crippen LogP contribution in [0.1, 0.15) is 19.8 Å². The molecule has 1 aromatic carbocycles. The summed E-state index contributed by atoms with van der Waals surface area (Å²) in [6, 6.07) is 4.78. The molecule has 9 heteroatoms. The number of amides is 2. The fraction of sp³-hybridized carbons (Fsp3) is 0.471. The van der Waals surface area contributed by atoms with E-state index in [9.17, 15) is 14.4 Å². The Labute approximate surface area is 154 Å². The molecule has 3 rings (SSSR count). The van der Waals surface area contributed by atoms with Crippen LogP contribution in [0.3, 0.4) is 0 Å². The Kier molecular flexibility index (Phi) is 5.51. The predicted octanol–water partition coefficient (Wildman–Crippen LogP) is 1.98. The van der Waals surface area contributed by atoms with Crippen LogP contribution in [0.2, 0.25) is 5.02 Å². The molecule has 0 unspecified atom stereocenters. The van der Waals surface area contributed by atoms with Crippen molar-refractivity contribution in [2.45, 2.75) is 32.4 Å². The number of hydrogen-bond acceptors (Lipinski definition) is 5. The summed E-state index contributed by atoms with van der Waals surface area (Å²) in [6.07, 6.45) is 0.954. The molecule has 1 aliphatic rings. The molecule has 1 aromatic heterocycles. The third-order valence-corrected chi connectivity index (χ3v) is 4.55. The molecule has 1 fully saturated rings. The normalized spacial score (nSPS) is 15.2. The maximum atomic E-state index is 12.3. The number of benzene rings is 1. The molecule has 140 valence electrons. The van der Waals surface area contributed by atoms with Gasteiger partial charge >= 0.3 is 11.8 Å². The van der Waals surface area contributed by atoms with Crippen LogP contribution in [0, 0.1) is 0 Å². The van der Waals surface area contributed by atoms with Crippen LogP contribution < -0.4 is 11.1 Å². The van der Waals surface area contributed by atoms with Gasteiger partial charge < -0.3 is 19.4 Å². The van der Waals surface area contributed by atoms with Gasteiger partial charge in [0.2, 0.25) is 5.91 Å². The molecule has 0 radical (unpaired) electrons. The molecule has 2 aromatic rings. The average molecular weight is 382 g/mol. The SMILES string of the molecule is CCOC(=O)N1CCC(NC(=O)Cn2c(=O)oc3cc(Cl)ccc32)CC1. The number of nitrogens with one attached hydrogen (secondary N) is 1. The van der Waals surface area contributed by atoms with Gasteiger partial charge in [-0.25, -0.2) is 9.59 Å². The zero-order valence-corrected chi connectivity index (χ0v) is 15.1. The summed E-state index contributed by atoms with van der Waals surface area (Å²) in [6.45, 7) is 3.02. The van der Waals surface area contributed by atoms with Crippen molar-refractivity contribution in [1.29, 1.82) is 0 Å². The van der Waals surface area contributed by atoms with Gasteiger partial charge in [0.25, 0.3) is 0 Å². The zero-order valence-electron chi connectivity index (χ0n) is 14.4. The maximum absolute atomic E-state index is 12.3. The van der Waals surface area contributed by atoms with Gasteiger partial charge in [-0.2, -0.15) is 0 Å². The summed E-state index contributed by atoms with van der Waals surface area (Å²) in [7, 11) is 0. The molecule has 0 spiro atoms. The highest BCUT2D eigenvalue weighted by molar-refractivity contribution is 6.31. The van der Waals surface area contributed by atoms with E-state index in [1.54, 1.807) is 24.0 Å². The summed E-state index contributed by atoms with van der Waals surface area (Å²) < 4.78 is 11.4. The Morgan fingerprint density at radius 2 is 2.08 bits per heavy atom. The number of fused-ring (bicyclic) bond motifs is 1. The van der Waals surface area contributed by atoms with Gasteiger partial charge in [-0.05, 0) is 31.9 Å². The van der Waals surface area contributed by atoms with Crippen molar-refractivity contribution >= 4 is 34.7 Å². The summed E-state index contributed by atoms with van der Waals surface area (Å²) in [4.78, 5) is 37.6. The number of aromatic nitrogens is 1. The number of hydrogen-bond donors (Lipinski definition) is 1. The standard InChI is InChI=1S/C17H20ClN3O5/c1-2-25-16(23)20-7-5-12(6-8-20)19-15(22)10-21-13-4-3-11(18)9-14(13)26-17(21)24/h3-4,9,12H,2,5-8,10H2,1H3,(H,19,22). The van der Waals surface area contributed by atoms with Crippen LogP contribution in [0.5, 0.6) is 0 Å². The molecule has 1 saturated heterocycles. The third kappa shape index (κ3) is 4.01. The second-order valence-electron chi connectivity index (χ2n) is 6.09. The summed E-state index contributed by atoms with van der Waals surface area (Å²) in [5.41, 5.74) is 0.865. The molecule has 0 bridgehead atoms. The molecule has 2 heterocycles. The van der Waals surface area contributed by atoms with Crippen molar-refractivity contribution < 1.29 is 18.7 Å². The number of rotatable bonds is 4. The minimum atomic E-state index is -0.602. The number of nitrogens with zero attached hydrogens (tertiary/aromatic N) is 2. The first-order valence-electron chi connectivity index (χ1n) is 8.48. The van der Waals surface area contributed by atoms with Crippen LogP contribution in [-0.2, 0) is 16.1 Å². The molecule has 1 N–H and O–H groups in total. The van der Waals surface area contributed by atoms with Gasteiger partial charge in [0.05, 0.1) is 12.1 Å². The Balaban J connectivity index is 1.58. The number of ether oxygens (including phenoxy) is 1. The number of carbonyl (C=O) groups excluding carboxylic acids is 2. The Hall–Kier alpha value is -2.48. The second kappa shape index (κ2) is 7.82. The van der Waals surface area contributed by atoms with Crippen LogP contribution in [-0.4, -0.2) is 47.2 Å². The van der Waals surface area contributed by atoms with E-state index in [-0.39, 0.29) is 24.6 Å². The minimum Gasteiger partial charge on any atom is -0.450 e. The van der Waals surface area contributed by atoms with Crippen molar-refractivity contribution in [3.63, 3.8) is 0 Å². The monoisotopic (exact) mass is 381 g/mol. The molecular weight excluding hydrogens is 362 g/mol. The molecule has 0 aliphatic carbocycles. The van der Waals surface area contributed by atoms with E-state index in [1.165, 1.54) is 10.6 Å². The maximum Gasteiger partial charge on any atom is 0.420 e. The lowest BCUT2D eigenvalue weighted by atomic mass is 10.1. The van der Waals surface area contributed by atoms with Gasteiger partial charge in [0.1, 0.15) is 6.54 Å². The third-order valence-electron chi connectivity index (χ3n) is 4.32. The topological polar surface area (TPSA) is 93.8 Å². The average Bonchev–Trinajstić information content (AvgIpc) is 2.90. The number of likely N-dealkylation sites (tertiary alicyclic amines) is 1. The van der Waals surface area contributed by atoms with E-state index >= 15 is 0 Å². The molecule has 2 amide bonds. The summed E-state index contributed by atoms with van der Waals surface area (Å²) in [5, 5.41) is 3.36. The fourth-order valence-electron chi connectivity index (χ4n) is 3.03. The van der Waals surface area contributed by atoms with Crippen molar-refractivity contribution in [2.24, 2.45) is 0 Å². The quantitative estimate of drug-likeness (QED) is 0.874. The first-order valence-corrected chi connectivity index (χ1v) is 8.85. The van der Waals surface area contributed by atoms with E-state index in [0.29, 0.717) is 48.7 Å². The Bertz CT molecular complexity index is 867. The molecule has 8 nitrogen and oxygen atoms in total. The van der Waals surface area contributed by atoms with Gasteiger partial charge in [-0.15, -0.1) is 0 Å². The van der Waals surface area contributed by atoms with Crippen molar-refractivity contribution in [3.05, 3.63) is 33.8 Å². The number of oxazole rings is 1. The lowest BCUT2D eigenvalue weighted by molar-refractivity contribution is -0.122. The van der Waals surface area contributed by atoms with Gasteiger partial charge in [0, 0.05) is 30.2 Å². The van der Waals surface area contributed by atoms with Gasteiger partial charge in [-0.1, -0.05) is 11.6 Å². The first kappa shape index (κ1) is 18.3. The van der Waals surface area contributed by atoms with Crippen molar-refractivity contribution in [1.82, 2.24) is 14.8 Å². The highest BCUT2D eigenvalue weighted by Crippen LogP contribution is 2.18. The molecular formula is C17H20ClN3O5. The predicted molar refractivity (Wildman–Crippen MR) is 95.2 cm³/mol. The highest BCUT2D eigenvalue weighted by atomic mass is 35.5. The van der Waals surface area contributed by atoms with Gasteiger partial charge in [0.15, 0.2) is 5.58 Å². The molecule has 26 heavy (non-hydrogen) atoms. The summed E-state index contributed by atoms with van der Waals surface area (Å²) in [5.74, 6) is -0.881. The first-order chi connectivity index (χ1) is 12.5. The van der Waals surface area contributed by atoms with Crippen molar-refractivity contribution in [2.75, 3.05) is 19.7 Å². The van der Waals surface area contributed by atoms with Gasteiger partial charge in [-0.3, -0.25) is 9.36 Å². The number of carbonyl (C=O) groups is 2. The highest BCUT2D eigenvalue weighted by Gasteiger charge is 2.25. The van der Waals surface area contributed by atoms with E-state index < -0.39 is 5.76 Å². The molecule has 0 atom stereocenters. The van der Waals surface area contributed by atoms with Crippen molar-refractivity contribution in [3.8, 4) is 0 Å².